The third-order valence-corrected chi connectivity index (χ3v) is 2.52. The summed E-state index contributed by atoms with van der Waals surface area (Å²) in [7, 11) is 1.85. The zero-order valence-electron chi connectivity index (χ0n) is 7.73. The van der Waals surface area contributed by atoms with Crippen molar-refractivity contribution in [2.45, 2.75) is 31.6 Å². The summed E-state index contributed by atoms with van der Waals surface area (Å²) in [5.41, 5.74) is 0.968. The van der Waals surface area contributed by atoms with Gasteiger partial charge in [-0.15, -0.1) is 5.10 Å². The molecule has 1 aliphatic carbocycles. The highest BCUT2D eigenvalue weighted by atomic mass is 16.1. The average Bonchev–Trinajstić information content (AvgIpc) is 2.52. The number of aryl methyl sites for hydroxylation is 1. The summed E-state index contributed by atoms with van der Waals surface area (Å²) in [6, 6.07) is 0. The van der Waals surface area contributed by atoms with E-state index >= 15 is 0 Å². The van der Waals surface area contributed by atoms with Gasteiger partial charge in [-0.1, -0.05) is 5.21 Å². The molecule has 1 heterocycles. The van der Waals surface area contributed by atoms with Crippen molar-refractivity contribution in [3.8, 4) is 0 Å². The second-order valence-electron chi connectivity index (χ2n) is 3.65. The molecule has 1 saturated carbocycles. The lowest BCUT2D eigenvalue weighted by molar-refractivity contribution is -0.120. The van der Waals surface area contributed by atoms with Crippen LogP contribution in [-0.2, 0) is 11.8 Å². The Morgan fingerprint density at radius 2 is 2.46 bits per heavy atom. The normalized spacial score (nSPS) is 23.5. The molecule has 70 valence electrons. The van der Waals surface area contributed by atoms with Crippen molar-refractivity contribution in [2.75, 3.05) is 0 Å². The minimum Gasteiger partial charge on any atom is -0.300 e. The van der Waals surface area contributed by atoms with E-state index in [9.17, 15) is 4.79 Å². The second kappa shape index (κ2) is 3.28. The maximum atomic E-state index is 11.2. The topological polar surface area (TPSA) is 47.8 Å². The van der Waals surface area contributed by atoms with E-state index in [0.717, 1.165) is 25.0 Å². The molecule has 1 fully saturated rings. The lowest BCUT2D eigenvalue weighted by Gasteiger charge is -2.17. The fourth-order valence-corrected chi connectivity index (χ4v) is 1.83. The summed E-state index contributed by atoms with van der Waals surface area (Å²) in [4.78, 5) is 11.2. The van der Waals surface area contributed by atoms with E-state index in [1.165, 1.54) is 0 Å². The Labute approximate surface area is 76.9 Å². The molecule has 0 spiro atoms. The number of ketones is 1. The van der Waals surface area contributed by atoms with Crippen LogP contribution in [-0.4, -0.2) is 20.8 Å². The molecule has 1 atom stereocenters. The minimum atomic E-state index is 0.315. The molecular formula is C9H13N3O. The van der Waals surface area contributed by atoms with Crippen LogP contribution in [0.25, 0.3) is 0 Å². The Kier molecular flexibility index (Phi) is 2.12. The van der Waals surface area contributed by atoms with E-state index in [1.807, 2.05) is 13.2 Å². The van der Waals surface area contributed by atoms with Gasteiger partial charge in [-0.3, -0.25) is 9.48 Å². The predicted octanol–water partition coefficient (Wildman–Crippen LogP) is 1.04. The van der Waals surface area contributed by atoms with Crippen molar-refractivity contribution in [1.29, 1.82) is 0 Å². The number of nitrogens with zero attached hydrogens (tertiary/aromatic N) is 3. The second-order valence-corrected chi connectivity index (χ2v) is 3.65. The third-order valence-electron chi connectivity index (χ3n) is 2.52. The van der Waals surface area contributed by atoms with Crippen LogP contribution in [0, 0.1) is 0 Å². The van der Waals surface area contributed by atoms with E-state index in [4.69, 9.17) is 0 Å². The number of carbonyl (C=O) groups excluding carboxylic acids is 1. The van der Waals surface area contributed by atoms with Crippen LogP contribution in [0.4, 0.5) is 0 Å². The molecule has 4 nitrogen and oxygen atoms in total. The Balaban J connectivity index is 2.12. The van der Waals surface area contributed by atoms with Crippen LogP contribution in [0.5, 0.6) is 0 Å². The first-order valence-electron chi connectivity index (χ1n) is 4.63. The molecular weight excluding hydrogens is 166 g/mol. The Hall–Kier alpha value is -1.19. The van der Waals surface area contributed by atoms with Gasteiger partial charge in [0.05, 0.1) is 5.69 Å². The van der Waals surface area contributed by atoms with Crippen LogP contribution in [0.1, 0.15) is 37.3 Å². The smallest absolute Gasteiger partial charge is 0.133 e. The van der Waals surface area contributed by atoms with Gasteiger partial charge in [0, 0.05) is 32.0 Å². The SMILES string of the molecule is Cn1cc(C2CCCC(=O)C2)nn1. The van der Waals surface area contributed by atoms with Gasteiger partial charge in [0.25, 0.3) is 0 Å². The first kappa shape index (κ1) is 8.41. The highest BCUT2D eigenvalue weighted by Gasteiger charge is 2.22. The number of carbonyl (C=O) groups is 1. The van der Waals surface area contributed by atoms with Crippen molar-refractivity contribution in [2.24, 2.45) is 7.05 Å². The molecule has 0 N–H and O–H groups in total. The van der Waals surface area contributed by atoms with E-state index in [2.05, 4.69) is 10.3 Å². The molecule has 0 bridgehead atoms. The summed E-state index contributed by atoms with van der Waals surface area (Å²) in [5.74, 6) is 0.678. The summed E-state index contributed by atoms with van der Waals surface area (Å²) in [6.07, 6.45) is 5.38. The van der Waals surface area contributed by atoms with Gasteiger partial charge >= 0.3 is 0 Å². The molecule has 1 aromatic heterocycles. The van der Waals surface area contributed by atoms with Crippen molar-refractivity contribution in [1.82, 2.24) is 15.0 Å². The van der Waals surface area contributed by atoms with E-state index in [0.29, 0.717) is 18.1 Å². The van der Waals surface area contributed by atoms with E-state index in [-0.39, 0.29) is 0 Å². The Bertz CT molecular complexity index is 318. The maximum Gasteiger partial charge on any atom is 0.133 e. The van der Waals surface area contributed by atoms with Crippen LogP contribution in [0.3, 0.4) is 0 Å². The number of hydrogen-bond acceptors (Lipinski definition) is 3. The van der Waals surface area contributed by atoms with Crippen LogP contribution < -0.4 is 0 Å². The molecule has 0 aromatic carbocycles. The summed E-state index contributed by atoms with van der Waals surface area (Å²) in [6.45, 7) is 0. The number of rotatable bonds is 1. The molecule has 13 heavy (non-hydrogen) atoms. The zero-order chi connectivity index (χ0) is 9.26. The molecule has 0 radical (unpaired) electrons. The lowest BCUT2D eigenvalue weighted by Crippen LogP contribution is -2.13. The van der Waals surface area contributed by atoms with Crippen molar-refractivity contribution < 1.29 is 4.79 Å². The Morgan fingerprint density at radius 3 is 3.08 bits per heavy atom. The van der Waals surface area contributed by atoms with Gasteiger partial charge in [0.1, 0.15) is 5.78 Å². The van der Waals surface area contributed by atoms with Gasteiger partial charge in [-0.25, -0.2) is 0 Å². The molecule has 1 aromatic rings. The van der Waals surface area contributed by atoms with E-state index < -0.39 is 0 Å². The fraction of sp³-hybridized carbons (Fsp3) is 0.667. The maximum absolute atomic E-state index is 11.2. The summed E-state index contributed by atoms with van der Waals surface area (Å²) in [5, 5.41) is 7.91. The van der Waals surface area contributed by atoms with Gasteiger partial charge in [-0.05, 0) is 12.8 Å². The van der Waals surface area contributed by atoms with Crippen molar-refractivity contribution >= 4 is 5.78 Å². The highest BCUT2D eigenvalue weighted by Crippen LogP contribution is 2.28. The first-order valence-corrected chi connectivity index (χ1v) is 4.63. The van der Waals surface area contributed by atoms with Gasteiger partial charge in [0.2, 0.25) is 0 Å². The minimum absolute atomic E-state index is 0.315. The number of aromatic nitrogens is 3. The molecule has 0 amide bonds. The zero-order valence-corrected chi connectivity index (χ0v) is 7.73. The summed E-state index contributed by atoms with van der Waals surface area (Å²) >= 11 is 0. The highest BCUT2D eigenvalue weighted by molar-refractivity contribution is 5.79. The molecule has 0 saturated heterocycles. The third kappa shape index (κ3) is 1.76. The largest absolute Gasteiger partial charge is 0.300 e. The van der Waals surface area contributed by atoms with Crippen molar-refractivity contribution in [3.63, 3.8) is 0 Å². The average molecular weight is 179 g/mol. The summed E-state index contributed by atoms with van der Waals surface area (Å²) < 4.78 is 1.69. The number of Topliss-reactive ketones (excluding diaryl/α,β-unsaturated/α-hetero) is 1. The van der Waals surface area contributed by atoms with Crippen LogP contribution >= 0.6 is 0 Å². The molecule has 0 aliphatic heterocycles. The quantitative estimate of drug-likeness (QED) is 0.647. The van der Waals surface area contributed by atoms with Gasteiger partial charge in [0.15, 0.2) is 0 Å². The van der Waals surface area contributed by atoms with Gasteiger partial charge in [-0.2, -0.15) is 0 Å². The molecule has 1 aliphatic rings. The number of hydrogen-bond donors (Lipinski definition) is 0. The van der Waals surface area contributed by atoms with E-state index in [1.54, 1.807) is 4.68 Å². The predicted molar refractivity (Wildman–Crippen MR) is 47.2 cm³/mol. The van der Waals surface area contributed by atoms with Crippen molar-refractivity contribution in [3.05, 3.63) is 11.9 Å². The first-order chi connectivity index (χ1) is 6.25. The van der Waals surface area contributed by atoms with Crippen LogP contribution in [0.2, 0.25) is 0 Å². The Morgan fingerprint density at radius 1 is 1.62 bits per heavy atom. The fourth-order valence-electron chi connectivity index (χ4n) is 1.83. The standard InChI is InChI=1S/C9H13N3O/c1-12-6-9(10-11-12)7-3-2-4-8(13)5-7/h6-7H,2-5H2,1H3. The molecule has 1 unspecified atom stereocenters. The molecule has 2 rings (SSSR count). The lowest BCUT2D eigenvalue weighted by atomic mass is 9.86. The van der Waals surface area contributed by atoms with Gasteiger partial charge < -0.3 is 0 Å². The monoisotopic (exact) mass is 179 g/mol. The molecule has 4 heteroatoms. The van der Waals surface area contributed by atoms with Crippen LogP contribution in [0.15, 0.2) is 6.20 Å².